The first kappa shape index (κ1) is 12.5. The van der Waals surface area contributed by atoms with E-state index in [0.717, 1.165) is 11.6 Å². The van der Waals surface area contributed by atoms with Crippen molar-refractivity contribution in [2.24, 2.45) is 0 Å². The SMILES string of the molecule is CNCc1cccnc1SC(C)C(C)O. The normalized spacial score (nSPS) is 14.9. The molecule has 0 radical (unpaired) electrons. The van der Waals surface area contributed by atoms with E-state index in [0.29, 0.717) is 0 Å². The number of rotatable bonds is 5. The van der Waals surface area contributed by atoms with Crippen LogP contribution in [-0.2, 0) is 6.54 Å². The first-order chi connectivity index (χ1) is 7.15. The lowest BCUT2D eigenvalue weighted by atomic mass is 10.3. The fraction of sp³-hybridized carbons (Fsp3) is 0.545. The Balaban J connectivity index is 2.74. The summed E-state index contributed by atoms with van der Waals surface area (Å²) >= 11 is 1.62. The summed E-state index contributed by atoms with van der Waals surface area (Å²) in [5.41, 5.74) is 1.18. The summed E-state index contributed by atoms with van der Waals surface area (Å²) in [6.45, 7) is 4.62. The molecular formula is C11H18N2OS. The summed E-state index contributed by atoms with van der Waals surface area (Å²) in [6.07, 6.45) is 1.47. The van der Waals surface area contributed by atoms with E-state index >= 15 is 0 Å². The zero-order valence-electron chi connectivity index (χ0n) is 9.40. The van der Waals surface area contributed by atoms with Crippen molar-refractivity contribution in [3.8, 4) is 0 Å². The Kier molecular flexibility index (Phi) is 5.08. The molecule has 1 aromatic heterocycles. The molecule has 0 bridgehead atoms. The highest BCUT2D eigenvalue weighted by Crippen LogP contribution is 2.26. The van der Waals surface area contributed by atoms with Crippen molar-refractivity contribution in [1.29, 1.82) is 0 Å². The maximum Gasteiger partial charge on any atom is 0.101 e. The third-order valence-electron chi connectivity index (χ3n) is 2.19. The topological polar surface area (TPSA) is 45.2 Å². The van der Waals surface area contributed by atoms with Crippen molar-refractivity contribution in [3.63, 3.8) is 0 Å². The van der Waals surface area contributed by atoms with Crippen molar-refractivity contribution in [2.75, 3.05) is 7.05 Å². The first-order valence-corrected chi connectivity index (χ1v) is 5.96. The molecule has 0 aromatic carbocycles. The molecule has 15 heavy (non-hydrogen) atoms. The highest BCUT2D eigenvalue weighted by molar-refractivity contribution is 7.99. The van der Waals surface area contributed by atoms with Gasteiger partial charge in [-0.25, -0.2) is 4.98 Å². The van der Waals surface area contributed by atoms with Crippen LogP contribution in [0.15, 0.2) is 23.4 Å². The fourth-order valence-corrected chi connectivity index (χ4v) is 2.09. The number of nitrogens with one attached hydrogen (secondary N) is 1. The van der Waals surface area contributed by atoms with Gasteiger partial charge in [-0.1, -0.05) is 13.0 Å². The molecule has 0 fully saturated rings. The zero-order valence-corrected chi connectivity index (χ0v) is 10.2. The molecular weight excluding hydrogens is 208 g/mol. The van der Waals surface area contributed by atoms with Crippen LogP contribution in [0.25, 0.3) is 0 Å². The predicted octanol–water partition coefficient (Wildman–Crippen LogP) is 1.66. The number of hydrogen-bond acceptors (Lipinski definition) is 4. The molecule has 2 unspecified atom stereocenters. The summed E-state index contributed by atoms with van der Waals surface area (Å²) in [6, 6.07) is 3.99. The van der Waals surface area contributed by atoms with E-state index < -0.39 is 0 Å². The molecule has 0 aliphatic heterocycles. The minimum atomic E-state index is -0.320. The van der Waals surface area contributed by atoms with Gasteiger partial charge in [0.05, 0.1) is 6.10 Å². The van der Waals surface area contributed by atoms with Gasteiger partial charge < -0.3 is 10.4 Å². The molecule has 84 valence electrons. The Bertz CT molecular complexity index is 304. The first-order valence-electron chi connectivity index (χ1n) is 5.08. The van der Waals surface area contributed by atoms with Crippen molar-refractivity contribution < 1.29 is 5.11 Å². The van der Waals surface area contributed by atoms with E-state index in [1.54, 1.807) is 24.9 Å². The Morgan fingerprint density at radius 2 is 2.27 bits per heavy atom. The Labute approximate surface area is 95.3 Å². The molecule has 2 atom stereocenters. The second-order valence-corrected chi connectivity index (χ2v) is 4.93. The van der Waals surface area contributed by atoms with Crippen molar-refractivity contribution in [3.05, 3.63) is 23.9 Å². The van der Waals surface area contributed by atoms with Crippen LogP contribution >= 0.6 is 11.8 Å². The standard InChI is InChI=1S/C11H18N2OS/c1-8(14)9(2)15-11-10(7-12-3)5-4-6-13-11/h4-6,8-9,12,14H,7H2,1-3H3. The lowest BCUT2D eigenvalue weighted by Gasteiger charge is -2.15. The number of pyridine rings is 1. The van der Waals surface area contributed by atoms with E-state index in [2.05, 4.69) is 16.4 Å². The van der Waals surface area contributed by atoms with E-state index in [1.165, 1.54) is 5.56 Å². The highest BCUT2D eigenvalue weighted by Gasteiger charge is 2.13. The molecule has 2 N–H and O–H groups in total. The summed E-state index contributed by atoms with van der Waals surface area (Å²) in [7, 11) is 1.92. The second-order valence-electron chi connectivity index (χ2n) is 3.56. The molecule has 0 saturated carbocycles. The number of aliphatic hydroxyl groups is 1. The van der Waals surface area contributed by atoms with Crippen LogP contribution in [0.4, 0.5) is 0 Å². The molecule has 1 aromatic rings. The van der Waals surface area contributed by atoms with E-state index in [4.69, 9.17) is 0 Å². The van der Waals surface area contributed by atoms with Crippen LogP contribution in [0.5, 0.6) is 0 Å². The van der Waals surface area contributed by atoms with Gasteiger partial charge in [0.1, 0.15) is 5.03 Å². The maximum atomic E-state index is 9.44. The Morgan fingerprint density at radius 3 is 2.87 bits per heavy atom. The molecule has 0 saturated heterocycles. The minimum absolute atomic E-state index is 0.163. The molecule has 0 aliphatic carbocycles. The summed E-state index contributed by atoms with van der Waals surface area (Å²) in [5, 5.41) is 13.7. The molecule has 4 heteroatoms. The third kappa shape index (κ3) is 3.81. The number of hydrogen-bond donors (Lipinski definition) is 2. The Morgan fingerprint density at radius 1 is 1.53 bits per heavy atom. The maximum absolute atomic E-state index is 9.44. The molecule has 0 spiro atoms. The van der Waals surface area contributed by atoms with Gasteiger partial charge in [-0.15, -0.1) is 11.8 Å². The van der Waals surface area contributed by atoms with Crippen LogP contribution in [0.2, 0.25) is 0 Å². The van der Waals surface area contributed by atoms with Crippen LogP contribution in [0.1, 0.15) is 19.4 Å². The minimum Gasteiger partial charge on any atom is -0.392 e. The van der Waals surface area contributed by atoms with E-state index in [1.807, 2.05) is 20.0 Å². The van der Waals surface area contributed by atoms with Gasteiger partial charge >= 0.3 is 0 Å². The summed E-state index contributed by atoms with van der Waals surface area (Å²) in [5.74, 6) is 0. The van der Waals surface area contributed by atoms with Gasteiger partial charge in [0.25, 0.3) is 0 Å². The van der Waals surface area contributed by atoms with Crippen molar-refractivity contribution >= 4 is 11.8 Å². The predicted molar refractivity (Wildman–Crippen MR) is 64.0 cm³/mol. The van der Waals surface area contributed by atoms with E-state index in [-0.39, 0.29) is 11.4 Å². The lowest BCUT2D eigenvalue weighted by Crippen LogP contribution is -2.16. The van der Waals surface area contributed by atoms with Gasteiger partial charge in [-0.05, 0) is 25.6 Å². The lowest BCUT2D eigenvalue weighted by molar-refractivity contribution is 0.196. The molecule has 3 nitrogen and oxygen atoms in total. The monoisotopic (exact) mass is 226 g/mol. The van der Waals surface area contributed by atoms with Crippen LogP contribution in [0.3, 0.4) is 0 Å². The average molecular weight is 226 g/mol. The summed E-state index contributed by atoms with van der Waals surface area (Å²) in [4.78, 5) is 4.33. The third-order valence-corrected chi connectivity index (χ3v) is 3.55. The second kappa shape index (κ2) is 6.10. The van der Waals surface area contributed by atoms with Gasteiger partial charge in [0.2, 0.25) is 0 Å². The van der Waals surface area contributed by atoms with Gasteiger partial charge in [-0.2, -0.15) is 0 Å². The molecule has 0 aliphatic rings. The van der Waals surface area contributed by atoms with Gasteiger partial charge in [0, 0.05) is 18.0 Å². The molecule has 1 rings (SSSR count). The zero-order chi connectivity index (χ0) is 11.3. The smallest absolute Gasteiger partial charge is 0.101 e. The summed E-state index contributed by atoms with van der Waals surface area (Å²) < 4.78 is 0. The quantitative estimate of drug-likeness (QED) is 0.750. The molecule has 0 amide bonds. The van der Waals surface area contributed by atoms with Crippen molar-refractivity contribution in [2.45, 2.75) is 36.8 Å². The fourth-order valence-electron chi connectivity index (χ4n) is 1.13. The number of thioether (sulfide) groups is 1. The Hall–Kier alpha value is -0.580. The molecule has 1 heterocycles. The average Bonchev–Trinajstić information content (AvgIpc) is 2.21. The number of nitrogens with zero attached hydrogens (tertiary/aromatic N) is 1. The van der Waals surface area contributed by atoms with Gasteiger partial charge in [-0.3, -0.25) is 0 Å². The van der Waals surface area contributed by atoms with Crippen LogP contribution < -0.4 is 5.32 Å². The van der Waals surface area contributed by atoms with Crippen molar-refractivity contribution in [1.82, 2.24) is 10.3 Å². The van der Waals surface area contributed by atoms with E-state index in [9.17, 15) is 5.11 Å². The number of aromatic nitrogens is 1. The van der Waals surface area contributed by atoms with Gasteiger partial charge in [0.15, 0.2) is 0 Å². The van der Waals surface area contributed by atoms with Crippen LogP contribution in [0, 0.1) is 0 Å². The van der Waals surface area contributed by atoms with Crippen LogP contribution in [-0.4, -0.2) is 28.5 Å². The largest absolute Gasteiger partial charge is 0.392 e. The number of aliphatic hydroxyl groups excluding tert-OH is 1. The highest BCUT2D eigenvalue weighted by atomic mass is 32.2.